The van der Waals surface area contributed by atoms with Crippen LogP contribution in [-0.2, 0) is 0 Å². The predicted octanol–water partition coefficient (Wildman–Crippen LogP) is 2.17. The number of benzene rings is 1. The number of methoxy groups -OCH3 is 1. The fourth-order valence-corrected chi connectivity index (χ4v) is 1.61. The van der Waals surface area contributed by atoms with E-state index in [0.29, 0.717) is 11.5 Å². The monoisotopic (exact) mass is 272 g/mol. The molecule has 0 radical (unpaired) electrons. The van der Waals surface area contributed by atoms with Gasteiger partial charge in [-0.1, -0.05) is 0 Å². The highest BCUT2D eigenvalue weighted by molar-refractivity contribution is 6.02. The Morgan fingerprint density at radius 2 is 2.00 bits per heavy atom. The molecule has 0 unspecified atom stereocenters. The molecule has 6 nitrogen and oxygen atoms in total. The van der Waals surface area contributed by atoms with E-state index in [4.69, 9.17) is 4.74 Å². The zero-order chi connectivity index (χ0) is 14.4. The van der Waals surface area contributed by atoms with Crippen LogP contribution in [0.15, 0.2) is 36.7 Å². The third-order valence-electron chi connectivity index (χ3n) is 2.57. The SMILES string of the molecule is CCNc1cncc(C(=O)Nc2ccc(OC)cc2)n1. The van der Waals surface area contributed by atoms with Crippen LogP contribution in [0.1, 0.15) is 17.4 Å². The average molecular weight is 272 g/mol. The number of nitrogens with one attached hydrogen (secondary N) is 2. The third-order valence-corrected chi connectivity index (χ3v) is 2.57. The number of rotatable bonds is 5. The van der Waals surface area contributed by atoms with Crippen LogP contribution in [-0.4, -0.2) is 29.5 Å². The van der Waals surface area contributed by atoms with Gasteiger partial charge in [0.2, 0.25) is 0 Å². The molecule has 1 amide bonds. The molecule has 0 spiro atoms. The average Bonchev–Trinajstić information content (AvgIpc) is 2.48. The van der Waals surface area contributed by atoms with Crippen LogP contribution in [0.4, 0.5) is 11.5 Å². The van der Waals surface area contributed by atoms with Crippen molar-refractivity contribution in [1.82, 2.24) is 9.97 Å². The number of carbonyl (C=O) groups is 1. The summed E-state index contributed by atoms with van der Waals surface area (Å²) < 4.78 is 5.06. The molecular formula is C14H16N4O2. The number of amides is 1. The number of anilines is 2. The van der Waals surface area contributed by atoms with Gasteiger partial charge in [0.1, 0.15) is 17.3 Å². The van der Waals surface area contributed by atoms with Gasteiger partial charge < -0.3 is 15.4 Å². The quantitative estimate of drug-likeness (QED) is 0.872. The largest absolute Gasteiger partial charge is 0.497 e. The van der Waals surface area contributed by atoms with Crippen LogP contribution in [0, 0.1) is 0 Å². The lowest BCUT2D eigenvalue weighted by Crippen LogP contribution is -2.15. The van der Waals surface area contributed by atoms with Crippen LogP contribution in [0.25, 0.3) is 0 Å². The topological polar surface area (TPSA) is 76.1 Å². The minimum absolute atomic E-state index is 0.263. The maximum Gasteiger partial charge on any atom is 0.275 e. The molecule has 104 valence electrons. The molecule has 0 atom stereocenters. The summed E-state index contributed by atoms with van der Waals surface area (Å²) in [6, 6.07) is 7.07. The van der Waals surface area contributed by atoms with Gasteiger partial charge in [-0.25, -0.2) is 4.98 Å². The van der Waals surface area contributed by atoms with Crippen molar-refractivity contribution in [3.63, 3.8) is 0 Å². The Hall–Kier alpha value is -2.63. The second-order valence-electron chi connectivity index (χ2n) is 4.00. The molecule has 0 aliphatic carbocycles. The van der Waals surface area contributed by atoms with E-state index in [9.17, 15) is 4.79 Å². The van der Waals surface area contributed by atoms with Crippen LogP contribution in [0.5, 0.6) is 5.75 Å². The molecule has 2 N–H and O–H groups in total. The lowest BCUT2D eigenvalue weighted by molar-refractivity contribution is 0.102. The Labute approximate surface area is 117 Å². The zero-order valence-electron chi connectivity index (χ0n) is 11.4. The van der Waals surface area contributed by atoms with E-state index in [-0.39, 0.29) is 11.6 Å². The highest BCUT2D eigenvalue weighted by atomic mass is 16.5. The first kappa shape index (κ1) is 13.8. The number of carbonyl (C=O) groups excluding carboxylic acids is 1. The summed E-state index contributed by atoms with van der Waals surface area (Å²) in [6.45, 7) is 2.67. The highest BCUT2D eigenvalue weighted by Crippen LogP contribution is 2.15. The summed E-state index contributed by atoms with van der Waals surface area (Å²) in [4.78, 5) is 20.2. The lowest BCUT2D eigenvalue weighted by atomic mass is 10.3. The van der Waals surface area contributed by atoms with Crippen LogP contribution < -0.4 is 15.4 Å². The van der Waals surface area contributed by atoms with Gasteiger partial charge in [0.15, 0.2) is 0 Å². The lowest BCUT2D eigenvalue weighted by Gasteiger charge is -2.07. The first-order chi connectivity index (χ1) is 9.72. The van der Waals surface area contributed by atoms with Gasteiger partial charge in [0.25, 0.3) is 5.91 Å². The Bertz CT molecular complexity index is 584. The van der Waals surface area contributed by atoms with E-state index in [2.05, 4.69) is 20.6 Å². The second-order valence-corrected chi connectivity index (χ2v) is 4.00. The van der Waals surface area contributed by atoms with Gasteiger partial charge in [-0.2, -0.15) is 0 Å². The molecule has 0 saturated heterocycles. The molecule has 2 rings (SSSR count). The van der Waals surface area contributed by atoms with Crippen molar-refractivity contribution in [3.05, 3.63) is 42.4 Å². The fourth-order valence-electron chi connectivity index (χ4n) is 1.61. The molecule has 1 aromatic heterocycles. The first-order valence-electron chi connectivity index (χ1n) is 6.24. The van der Waals surface area contributed by atoms with Gasteiger partial charge in [-0.3, -0.25) is 9.78 Å². The Morgan fingerprint density at radius 3 is 2.65 bits per heavy atom. The van der Waals surface area contributed by atoms with Gasteiger partial charge >= 0.3 is 0 Å². The molecular weight excluding hydrogens is 256 g/mol. The summed E-state index contributed by atoms with van der Waals surface area (Å²) in [6.07, 6.45) is 3.01. The predicted molar refractivity (Wildman–Crippen MR) is 77.1 cm³/mol. The third kappa shape index (κ3) is 3.44. The number of hydrogen-bond donors (Lipinski definition) is 2. The summed E-state index contributed by atoms with van der Waals surface area (Å²) in [5.41, 5.74) is 0.936. The Balaban J connectivity index is 2.08. The highest BCUT2D eigenvalue weighted by Gasteiger charge is 2.09. The summed E-state index contributed by atoms with van der Waals surface area (Å²) in [5, 5.41) is 5.77. The molecule has 1 aromatic carbocycles. The van der Waals surface area contributed by atoms with Crippen molar-refractivity contribution in [2.24, 2.45) is 0 Å². The number of hydrogen-bond acceptors (Lipinski definition) is 5. The molecule has 0 bridgehead atoms. The molecule has 6 heteroatoms. The number of nitrogens with zero attached hydrogens (tertiary/aromatic N) is 2. The molecule has 0 saturated carbocycles. The van der Waals surface area contributed by atoms with Crippen LogP contribution in [0.2, 0.25) is 0 Å². The van der Waals surface area contributed by atoms with Crippen molar-refractivity contribution in [1.29, 1.82) is 0 Å². The number of ether oxygens (including phenoxy) is 1. The fraction of sp³-hybridized carbons (Fsp3) is 0.214. The normalized spacial score (nSPS) is 9.90. The maximum atomic E-state index is 12.1. The zero-order valence-corrected chi connectivity index (χ0v) is 11.4. The molecule has 1 heterocycles. The summed E-state index contributed by atoms with van der Waals surface area (Å²) >= 11 is 0. The van der Waals surface area contributed by atoms with E-state index in [1.54, 1.807) is 37.6 Å². The van der Waals surface area contributed by atoms with Gasteiger partial charge in [-0.05, 0) is 31.2 Å². The molecule has 0 fully saturated rings. The second kappa shape index (κ2) is 6.51. The molecule has 2 aromatic rings. The van der Waals surface area contributed by atoms with Crippen molar-refractivity contribution in [2.45, 2.75) is 6.92 Å². The Morgan fingerprint density at radius 1 is 1.25 bits per heavy atom. The minimum Gasteiger partial charge on any atom is -0.497 e. The van der Waals surface area contributed by atoms with Crippen molar-refractivity contribution in [3.8, 4) is 5.75 Å². The van der Waals surface area contributed by atoms with Crippen molar-refractivity contribution >= 4 is 17.4 Å². The van der Waals surface area contributed by atoms with Gasteiger partial charge in [-0.15, -0.1) is 0 Å². The van der Waals surface area contributed by atoms with Crippen LogP contribution >= 0.6 is 0 Å². The van der Waals surface area contributed by atoms with Gasteiger partial charge in [0, 0.05) is 12.2 Å². The molecule has 0 aliphatic rings. The molecule has 20 heavy (non-hydrogen) atoms. The molecule has 0 aliphatic heterocycles. The van der Waals surface area contributed by atoms with Gasteiger partial charge in [0.05, 0.1) is 19.5 Å². The minimum atomic E-state index is -0.303. The van der Waals surface area contributed by atoms with E-state index in [1.165, 1.54) is 6.20 Å². The standard InChI is InChI=1S/C14H16N4O2/c1-3-16-13-9-15-8-12(18-13)14(19)17-10-4-6-11(20-2)7-5-10/h4-9H,3H2,1-2H3,(H,16,18)(H,17,19). The van der Waals surface area contributed by atoms with Crippen molar-refractivity contribution < 1.29 is 9.53 Å². The van der Waals surface area contributed by atoms with E-state index >= 15 is 0 Å². The smallest absolute Gasteiger partial charge is 0.275 e. The van der Waals surface area contributed by atoms with E-state index in [1.807, 2.05) is 6.92 Å². The summed E-state index contributed by atoms with van der Waals surface area (Å²) in [7, 11) is 1.59. The van der Waals surface area contributed by atoms with Crippen LogP contribution in [0.3, 0.4) is 0 Å². The van der Waals surface area contributed by atoms with Crippen molar-refractivity contribution in [2.75, 3.05) is 24.3 Å². The summed E-state index contributed by atoms with van der Waals surface area (Å²) in [5.74, 6) is 1.01. The number of aromatic nitrogens is 2. The Kier molecular flexibility index (Phi) is 4.49. The maximum absolute atomic E-state index is 12.1. The first-order valence-corrected chi connectivity index (χ1v) is 6.24. The van der Waals surface area contributed by atoms with E-state index < -0.39 is 0 Å². The van der Waals surface area contributed by atoms with E-state index in [0.717, 1.165) is 12.3 Å².